The SMILES string of the molecule is CC(c1ccccc1)n1cncc1C(=O)OCC1(O)CC1. The predicted octanol–water partition coefficient (Wildman–Crippen LogP) is 2.17. The van der Waals surface area contributed by atoms with Crippen LogP contribution in [0.4, 0.5) is 0 Å². The first-order valence-corrected chi connectivity index (χ1v) is 7.05. The quantitative estimate of drug-likeness (QED) is 0.856. The first-order chi connectivity index (χ1) is 10.1. The fourth-order valence-corrected chi connectivity index (χ4v) is 2.23. The van der Waals surface area contributed by atoms with Gasteiger partial charge < -0.3 is 14.4 Å². The van der Waals surface area contributed by atoms with Crippen LogP contribution in [-0.4, -0.2) is 32.8 Å². The van der Waals surface area contributed by atoms with Crippen LogP contribution in [0.5, 0.6) is 0 Å². The van der Waals surface area contributed by atoms with E-state index < -0.39 is 11.6 Å². The summed E-state index contributed by atoms with van der Waals surface area (Å²) in [7, 11) is 0. The van der Waals surface area contributed by atoms with Crippen molar-refractivity contribution in [1.29, 1.82) is 0 Å². The second-order valence-electron chi connectivity index (χ2n) is 5.57. The third kappa shape index (κ3) is 2.97. The molecule has 5 heteroatoms. The number of hydrogen-bond acceptors (Lipinski definition) is 4. The van der Waals surface area contributed by atoms with Crippen LogP contribution in [0.15, 0.2) is 42.9 Å². The van der Waals surface area contributed by atoms with Crippen LogP contribution < -0.4 is 0 Å². The number of ether oxygens (including phenoxy) is 1. The molecule has 0 amide bonds. The number of carbonyl (C=O) groups is 1. The molecule has 1 aromatic heterocycles. The Morgan fingerprint density at radius 1 is 1.43 bits per heavy atom. The van der Waals surface area contributed by atoms with Crippen LogP contribution >= 0.6 is 0 Å². The van der Waals surface area contributed by atoms with Gasteiger partial charge >= 0.3 is 5.97 Å². The summed E-state index contributed by atoms with van der Waals surface area (Å²) in [6.45, 7) is 2.05. The lowest BCUT2D eigenvalue weighted by atomic mass is 10.1. The minimum Gasteiger partial charge on any atom is -0.458 e. The predicted molar refractivity (Wildman–Crippen MR) is 76.9 cm³/mol. The van der Waals surface area contributed by atoms with Gasteiger partial charge in [-0.2, -0.15) is 0 Å². The summed E-state index contributed by atoms with van der Waals surface area (Å²) >= 11 is 0. The van der Waals surface area contributed by atoms with E-state index in [1.54, 1.807) is 10.9 Å². The van der Waals surface area contributed by atoms with Crippen LogP contribution in [0.1, 0.15) is 41.9 Å². The minimum absolute atomic E-state index is 0.0136. The maximum atomic E-state index is 12.1. The van der Waals surface area contributed by atoms with E-state index in [1.165, 1.54) is 6.20 Å². The second-order valence-corrected chi connectivity index (χ2v) is 5.57. The number of aliphatic hydroxyl groups is 1. The van der Waals surface area contributed by atoms with Gasteiger partial charge in [-0.25, -0.2) is 9.78 Å². The van der Waals surface area contributed by atoms with Gasteiger partial charge in [0.15, 0.2) is 0 Å². The molecule has 1 heterocycles. The van der Waals surface area contributed by atoms with Gasteiger partial charge in [0, 0.05) is 0 Å². The van der Waals surface area contributed by atoms with Crippen LogP contribution in [0.2, 0.25) is 0 Å². The van der Waals surface area contributed by atoms with Crippen LogP contribution in [0.25, 0.3) is 0 Å². The molecule has 0 bridgehead atoms. The third-order valence-electron chi connectivity index (χ3n) is 3.87. The standard InChI is InChI=1S/C16H18N2O3/c1-12(13-5-3-2-4-6-13)18-11-17-9-14(18)15(19)21-10-16(20)7-8-16/h2-6,9,11-12,20H,7-8,10H2,1H3. The molecule has 21 heavy (non-hydrogen) atoms. The fraction of sp³-hybridized carbons (Fsp3) is 0.375. The largest absolute Gasteiger partial charge is 0.458 e. The Hall–Kier alpha value is -2.14. The molecule has 0 radical (unpaired) electrons. The van der Waals surface area contributed by atoms with E-state index in [2.05, 4.69) is 4.98 Å². The maximum absolute atomic E-state index is 12.1. The van der Waals surface area contributed by atoms with E-state index in [-0.39, 0.29) is 12.6 Å². The van der Waals surface area contributed by atoms with Gasteiger partial charge in [-0.05, 0) is 25.3 Å². The average Bonchev–Trinajstić information content (AvgIpc) is 3.05. The topological polar surface area (TPSA) is 64.4 Å². The number of esters is 1. The first-order valence-electron chi connectivity index (χ1n) is 7.05. The normalized spacial score (nSPS) is 17.2. The van der Waals surface area contributed by atoms with Gasteiger partial charge in [0.2, 0.25) is 0 Å². The summed E-state index contributed by atoms with van der Waals surface area (Å²) in [4.78, 5) is 16.2. The Kier molecular flexibility index (Phi) is 3.51. The van der Waals surface area contributed by atoms with Crippen LogP contribution in [0.3, 0.4) is 0 Å². The summed E-state index contributed by atoms with van der Waals surface area (Å²) in [5.41, 5.74) is 0.687. The summed E-state index contributed by atoms with van der Waals surface area (Å²) < 4.78 is 6.98. The van der Waals surface area contributed by atoms with Crippen molar-refractivity contribution in [3.63, 3.8) is 0 Å². The highest BCUT2D eigenvalue weighted by Gasteiger charge is 2.42. The van der Waals surface area contributed by atoms with Gasteiger partial charge in [0.1, 0.15) is 12.3 Å². The van der Waals surface area contributed by atoms with E-state index in [0.29, 0.717) is 18.5 Å². The summed E-state index contributed by atoms with van der Waals surface area (Å²) in [6.07, 6.45) is 4.51. The molecule has 1 atom stereocenters. The Balaban J connectivity index is 1.75. The smallest absolute Gasteiger partial charge is 0.356 e. The Labute approximate surface area is 123 Å². The molecule has 0 saturated heterocycles. The van der Waals surface area contributed by atoms with Gasteiger partial charge in [-0.3, -0.25) is 0 Å². The number of hydrogen-bond donors (Lipinski definition) is 1. The highest BCUT2D eigenvalue weighted by atomic mass is 16.5. The monoisotopic (exact) mass is 286 g/mol. The minimum atomic E-state index is -0.800. The van der Waals surface area contributed by atoms with Crippen molar-refractivity contribution in [3.8, 4) is 0 Å². The number of imidazole rings is 1. The molecular formula is C16H18N2O3. The van der Waals surface area contributed by atoms with Crippen molar-refractivity contribution in [2.75, 3.05) is 6.61 Å². The molecule has 1 aliphatic rings. The molecule has 0 aliphatic heterocycles. The van der Waals surface area contributed by atoms with Crippen molar-refractivity contribution in [2.45, 2.75) is 31.4 Å². The van der Waals surface area contributed by atoms with Crippen molar-refractivity contribution >= 4 is 5.97 Å². The molecule has 1 aromatic carbocycles. The zero-order chi connectivity index (χ0) is 14.9. The molecule has 110 valence electrons. The number of rotatable bonds is 5. The van der Waals surface area contributed by atoms with Crippen molar-refractivity contribution in [3.05, 3.63) is 54.1 Å². The van der Waals surface area contributed by atoms with Crippen molar-refractivity contribution in [2.24, 2.45) is 0 Å². The van der Waals surface area contributed by atoms with Crippen LogP contribution in [0, 0.1) is 0 Å². The van der Waals surface area contributed by atoms with Gasteiger partial charge in [0.25, 0.3) is 0 Å². The molecule has 1 saturated carbocycles. The molecule has 5 nitrogen and oxygen atoms in total. The molecule has 1 fully saturated rings. The van der Waals surface area contributed by atoms with Gasteiger partial charge in [-0.15, -0.1) is 0 Å². The Morgan fingerprint density at radius 3 is 2.81 bits per heavy atom. The number of nitrogens with zero attached hydrogens (tertiary/aromatic N) is 2. The zero-order valence-electron chi connectivity index (χ0n) is 11.9. The van der Waals surface area contributed by atoms with Gasteiger partial charge in [-0.1, -0.05) is 30.3 Å². The fourth-order valence-electron chi connectivity index (χ4n) is 2.23. The maximum Gasteiger partial charge on any atom is 0.356 e. The lowest BCUT2D eigenvalue weighted by Gasteiger charge is -2.17. The zero-order valence-corrected chi connectivity index (χ0v) is 11.9. The lowest BCUT2D eigenvalue weighted by Crippen LogP contribution is -2.22. The third-order valence-corrected chi connectivity index (χ3v) is 3.87. The molecule has 1 aliphatic carbocycles. The Morgan fingerprint density at radius 2 is 2.14 bits per heavy atom. The molecule has 0 spiro atoms. The number of aromatic nitrogens is 2. The van der Waals surface area contributed by atoms with E-state index in [4.69, 9.17) is 4.74 Å². The van der Waals surface area contributed by atoms with E-state index >= 15 is 0 Å². The van der Waals surface area contributed by atoms with Crippen LogP contribution in [-0.2, 0) is 4.74 Å². The average molecular weight is 286 g/mol. The highest BCUT2D eigenvalue weighted by Crippen LogP contribution is 2.35. The van der Waals surface area contributed by atoms with E-state index in [0.717, 1.165) is 5.56 Å². The molecule has 2 aromatic rings. The molecular weight excluding hydrogens is 268 g/mol. The Bertz CT molecular complexity index is 632. The summed E-state index contributed by atoms with van der Waals surface area (Å²) in [6, 6.07) is 9.88. The summed E-state index contributed by atoms with van der Waals surface area (Å²) in [5, 5.41) is 9.73. The highest BCUT2D eigenvalue weighted by molar-refractivity contribution is 5.87. The molecule has 1 N–H and O–H groups in total. The second kappa shape index (κ2) is 5.33. The summed E-state index contributed by atoms with van der Waals surface area (Å²) in [5.74, 6) is -0.449. The lowest BCUT2D eigenvalue weighted by molar-refractivity contribution is 0.0167. The number of benzene rings is 1. The number of carbonyl (C=O) groups excluding carboxylic acids is 1. The molecule has 1 unspecified atom stereocenters. The molecule has 3 rings (SSSR count). The van der Waals surface area contributed by atoms with E-state index in [1.807, 2.05) is 37.3 Å². The first kappa shape index (κ1) is 13.8. The van der Waals surface area contributed by atoms with Crippen molar-refractivity contribution < 1.29 is 14.6 Å². The van der Waals surface area contributed by atoms with Gasteiger partial charge in [0.05, 0.1) is 24.2 Å². The van der Waals surface area contributed by atoms with E-state index in [9.17, 15) is 9.90 Å². The van der Waals surface area contributed by atoms with Crippen molar-refractivity contribution in [1.82, 2.24) is 9.55 Å².